The van der Waals surface area contributed by atoms with E-state index >= 15 is 0 Å². The lowest BCUT2D eigenvalue weighted by molar-refractivity contribution is -0.137. The van der Waals surface area contributed by atoms with Gasteiger partial charge in [0.15, 0.2) is 0 Å². The smallest absolute Gasteiger partial charge is 0.391 e. The number of rotatable bonds is 3. The molecule has 1 atom stereocenters. The maximum atomic E-state index is 14.0. The molecule has 172 valence electrons. The van der Waals surface area contributed by atoms with Crippen LogP contribution in [-0.2, 0) is 19.0 Å². The summed E-state index contributed by atoms with van der Waals surface area (Å²) < 4.78 is 42.9. The first-order valence-corrected chi connectivity index (χ1v) is 11.1. The number of β-amino-alcohol motifs (C(OH)–C–C–N with tert-alkyl or cyclic N) is 1. The second-order valence-corrected chi connectivity index (χ2v) is 8.83. The van der Waals surface area contributed by atoms with Crippen molar-refractivity contribution in [3.05, 3.63) is 75.1 Å². The van der Waals surface area contributed by atoms with E-state index in [1.54, 1.807) is 0 Å². The molecule has 0 radical (unpaired) electrons. The molecule has 33 heavy (non-hydrogen) atoms. The third kappa shape index (κ3) is 3.93. The molecule has 2 heterocycles. The van der Waals surface area contributed by atoms with Crippen molar-refractivity contribution in [3.8, 4) is 16.9 Å². The van der Waals surface area contributed by atoms with Crippen LogP contribution in [0.3, 0.4) is 0 Å². The van der Waals surface area contributed by atoms with Gasteiger partial charge in [-0.05, 0) is 62.4 Å². The van der Waals surface area contributed by atoms with Crippen molar-refractivity contribution in [1.82, 2.24) is 9.78 Å². The Hall–Kier alpha value is -3.13. The predicted octanol–water partition coefficient (Wildman–Crippen LogP) is 4.29. The van der Waals surface area contributed by atoms with Gasteiger partial charge in [0.1, 0.15) is 0 Å². The maximum absolute atomic E-state index is 14.0. The van der Waals surface area contributed by atoms with Crippen LogP contribution in [0.1, 0.15) is 35.1 Å². The van der Waals surface area contributed by atoms with Crippen LogP contribution in [0.25, 0.3) is 16.9 Å². The van der Waals surface area contributed by atoms with Crippen molar-refractivity contribution in [2.45, 2.75) is 44.9 Å². The third-order valence-electron chi connectivity index (χ3n) is 6.49. The number of nitrogens with zero attached hydrogens (tertiary/aromatic N) is 3. The van der Waals surface area contributed by atoms with E-state index < -0.39 is 23.4 Å². The van der Waals surface area contributed by atoms with E-state index in [1.165, 1.54) is 12.1 Å². The minimum absolute atomic E-state index is 0.282. The zero-order valence-corrected chi connectivity index (χ0v) is 18.2. The first-order valence-electron chi connectivity index (χ1n) is 11.1. The molecular weight excluding hydrogens is 431 g/mol. The normalized spacial score (nSPS) is 18.1. The van der Waals surface area contributed by atoms with Crippen LogP contribution in [-0.4, -0.2) is 34.1 Å². The van der Waals surface area contributed by atoms with Crippen molar-refractivity contribution in [1.29, 1.82) is 0 Å². The van der Waals surface area contributed by atoms with Crippen molar-refractivity contribution >= 4 is 5.69 Å². The highest BCUT2D eigenvalue weighted by atomic mass is 19.4. The van der Waals surface area contributed by atoms with E-state index in [2.05, 4.69) is 5.10 Å². The van der Waals surface area contributed by atoms with Crippen LogP contribution in [0, 0.1) is 6.92 Å². The fourth-order valence-electron chi connectivity index (χ4n) is 4.87. The Morgan fingerprint density at radius 3 is 2.58 bits per heavy atom. The molecule has 8 heteroatoms. The highest BCUT2D eigenvalue weighted by Gasteiger charge is 2.36. The molecule has 1 N–H and O–H groups in total. The van der Waals surface area contributed by atoms with Gasteiger partial charge in [0.25, 0.3) is 5.56 Å². The molecule has 3 aromatic rings. The van der Waals surface area contributed by atoms with Crippen LogP contribution >= 0.6 is 0 Å². The van der Waals surface area contributed by atoms with Gasteiger partial charge in [0.2, 0.25) is 0 Å². The van der Waals surface area contributed by atoms with Crippen molar-refractivity contribution in [2.75, 3.05) is 18.0 Å². The molecule has 0 unspecified atom stereocenters. The molecule has 1 saturated heterocycles. The van der Waals surface area contributed by atoms with Crippen molar-refractivity contribution < 1.29 is 18.3 Å². The van der Waals surface area contributed by atoms with Gasteiger partial charge < -0.3 is 10.0 Å². The van der Waals surface area contributed by atoms with Gasteiger partial charge in [-0.2, -0.15) is 23.0 Å². The Morgan fingerprint density at radius 1 is 1.09 bits per heavy atom. The molecule has 0 bridgehead atoms. The Kier molecular flexibility index (Phi) is 5.28. The summed E-state index contributed by atoms with van der Waals surface area (Å²) in [6.07, 6.45) is -2.65. The Bertz CT molecular complexity index is 1280. The minimum atomic E-state index is -4.65. The van der Waals surface area contributed by atoms with E-state index in [0.717, 1.165) is 33.9 Å². The zero-order valence-electron chi connectivity index (χ0n) is 18.2. The average Bonchev–Trinajstić information content (AvgIpc) is 3.43. The van der Waals surface area contributed by atoms with Gasteiger partial charge >= 0.3 is 6.18 Å². The number of hydrogen-bond donors (Lipinski definition) is 1. The van der Waals surface area contributed by atoms with Crippen LogP contribution in [0.5, 0.6) is 0 Å². The summed E-state index contributed by atoms with van der Waals surface area (Å²) in [6.45, 7) is 2.81. The van der Waals surface area contributed by atoms with E-state index in [4.69, 9.17) is 0 Å². The van der Waals surface area contributed by atoms with Gasteiger partial charge in [-0.15, -0.1) is 0 Å². The lowest BCUT2D eigenvalue weighted by Gasteiger charge is -2.22. The molecule has 0 spiro atoms. The topological polar surface area (TPSA) is 58.4 Å². The van der Waals surface area contributed by atoms with Crippen LogP contribution in [0.2, 0.25) is 0 Å². The van der Waals surface area contributed by atoms with Crippen LogP contribution in [0.15, 0.2) is 47.3 Å². The number of halogens is 3. The lowest BCUT2D eigenvalue weighted by Crippen LogP contribution is -2.29. The van der Waals surface area contributed by atoms with E-state index in [0.29, 0.717) is 49.3 Å². The molecular formula is C25H24F3N3O2. The Balaban J connectivity index is 1.75. The summed E-state index contributed by atoms with van der Waals surface area (Å²) in [6, 6.07) is 11.4. The molecule has 2 aromatic carbocycles. The first-order chi connectivity index (χ1) is 15.7. The summed E-state index contributed by atoms with van der Waals surface area (Å²) in [7, 11) is 0. The molecule has 1 fully saturated rings. The predicted molar refractivity (Wildman–Crippen MR) is 120 cm³/mol. The van der Waals surface area contributed by atoms with E-state index in [9.17, 15) is 23.1 Å². The molecule has 5 nitrogen and oxygen atoms in total. The molecule has 0 amide bonds. The molecule has 1 aromatic heterocycles. The fourth-order valence-corrected chi connectivity index (χ4v) is 4.87. The number of anilines is 1. The highest BCUT2D eigenvalue weighted by Crippen LogP contribution is 2.37. The standard InChI is InChI=1S/C25H24F3N3O2/c1-15-4-2-5-16(12-15)23-19-6-3-7-20(19)24(33)31(29-23)22-13-17(30-11-10-18(32)14-30)8-9-21(22)25(26,27)28/h2,4-5,8-9,12-13,18,32H,3,6-7,10-11,14H2,1H3/t18-/m0/s1. The second-order valence-electron chi connectivity index (χ2n) is 8.83. The summed E-state index contributed by atoms with van der Waals surface area (Å²) in [5, 5.41) is 14.4. The van der Waals surface area contributed by atoms with Gasteiger partial charge in [0.05, 0.1) is 23.0 Å². The molecule has 2 aliphatic rings. The number of alkyl halides is 3. The molecule has 0 saturated carbocycles. The Labute approximate surface area is 189 Å². The van der Waals surface area contributed by atoms with Crippen molar-refractivity contribution in [2.24, 2.45) is 0 Å². The SMILES string of the molecule is Cc1cccc(-c2nn(-c3cc(N4CC[C@H](O)C4)ccc3C(F)(F)F)c(=O)c3c2CCC3)c1. The van der Waals surface area contributed by atoms with E-state index in [1.807, 2.05) is 36.1 Å². The number of aliphatic hydroxyl groups is 1. The summed E-state index contributed by atoms with van der Waals surface area (Å²) in [4.78, 5) is 15.2. The number of aryl methyl sites for hydroxylation is 1. The number of benzene rings is 2. The van der Waals surface area contributed by atoms with Gasteiger partial charge in [-0.1, -0.05) is 23.8 Å². The lowest BCUT2D eigenvalue weighted by atomic mass is 10.0. The number of fused-ring (bicyclic) bond motifs is 1. The number of aliphatic hydroxyl groups excluding tert-OH is 1. The fraction of sp³-hybridized carbons (Fsp3) is 0.360. The van der Waals surface area contributed by atoms with Crippen molar-refractivity contribution in [3.63, 3.8) is 0 Å². The van der Waals surface area contributed by atoms with E-state index in [-0.39, 0.29) is 5.69 Å². The quantitative estimate of drug-likeness (QED) is 0.640. The summed E-state index contributed by atoms with van der Waals surface area (Å²) in [5.41, 5.74) is 2.55. The maximum Gasteiger partial charge on any atom is 0.418 e. The minimum Gasteiger partial charge on any atom is -0.391 e. The molecule has 1 aliphatic heterocycles. The monoisotopic (exact) mass is 455 g/mol. The number of hydrogen-bond acceptors (Lipinski definition) is 4. The van der Waals surface area contributed by atoms with Crippen LogP contribution < -0.4 is 10.5 Å². The third-order valence-corrected chi connectivity index (χ3v) is 6.49. The summed E-state index contributed by atoms with van der Waals surface area (Å²) >= 11 is 0. The zero-order chi connectivity index (χ0) is 23.3. The summed E-state index contributed by atoms with van der Waals surface area (Å²) in [5.74, 6) is 0. The van der Waals surface area contributed by atoms with Gasteiger partial charge in [0, 0.05) is 29.9 Å². The highest BCUT2D eigenvalue weighted by molar-refractivity contribution is 5.66. The van der Waals surface area contributed by atoms with Gasteiger partial charge in [-0.25, -0.2) is 0 Å². The van der Waals surface area contributed by atoms with Gasteiger partial charge in [-0.3, -0.25) is 4.79 Å². The molecule has 5 rings (SSSR count). The van der Waals surface area contributed by atoms with Crippen LogP contribution in [0.4, 0.5) is 18.9 Å². The second kappa shape index (κ2) is 8.02. The number of aromatic nitrogens is 2. The largest absolute Gasteiger partial charge is 0.418 e. The molecule has 1 aliphatic carbocycles. The first kappa shape index (κ1) is 21.7. The Morgan fingerprint density at radius 2 is 1.88 bits per heavy atom. The average molecular weight is 455 g/mol.